The molecule has 1 unspecified atom stereocenters. The average molecular weight is 392 g/mol. The Hall–Kier alpha value is -1.79. The van der Waals surface area contributed by atoms with Gasteiger partial charge in [-0.05, 0) is 36.5 Å². The van der Waals surface area contributed by atoms with Gasteiger partial charge in [0.25, 0.3) is 0 Å². The van der Waals surface area contributed by atoms with Crippen LogP contribution in [0, 0.1) is 0 Å². The van der Waals surface area contributed by atoms with Crippen LogP contribution in [0.25, 0.3) is 0 Å². The lowest BCUT2D eigenvalue weighted by Crippen LogP contribution is -2.34. The molecule has 0 spiro atoms. The highest BCUT2D eigenvalue weighted by Gasteiger charge is 2.28. The zero-order valence-electron chi connectivity index (χ0n) is 14.7. The number of aromatic nitrogens is 1. The molecule has 3 heterocycles. The zero-order valence-corrected chi connectivity index (χ0v) is 16.3. The van der Waals surface area contributed by atoms with Crippen LogP contribution in [-0.2, 0) is 10.8 Å². The normalized spacial score (nSPS) is 18.6. The molecule has 0 amide bonds. The molecule has 26 heavy (non-hydrogen) atoms. The van der Waals surface area contributed by atoms with E-state index in [2.05, 4.69) is 27.3 Å². The molecule has 4 rings (SSSR count). The second-order valence-corrected chi connectivity index (χ2v) is 8.48. The number of halogens is 1. The molecule has 0 aliphatic carbocycles. The first-order valence-corrected chi connectivity index (χ1v) is 10.8. The van der Waals surface area contributed by atoms with Crippen LogP contribution in [0.5, 0.6) is 5.75 Å². The first-order chi connectivity index (χ1) is 12.6. The molecule has 1 aromatic heterocycles. The number of ether oxygens (including phenoxy) is 1. The predicted octanol–water partition coefficient (Wildman–Crippen LogP) is 3.66. The molecule has 0 saturated carbocycles. The van der Waals surface area contributed by atoms with E-state index < -0.39 is 10.8 Å². The van der Waals surface area contributed by atoms with Gasteiger partial charge in [0.15, 0.2) is 11.6 Å². The van der Waals surface area contributed by atoms with Crippen LogP contribution >= 0.6 is 11.6 Å². The maximum Gasteiger partial charge on any atom is 0.186 e. The molecular formula is C19H22ClN3O2S. The van der Waals surface area contributed by atoms with Crippen molar-refractivity contribution < 1.29 is 8.95 Å². The number of nitrogens with one attached hydrogen (secondary N) is 1. The first-order valence-electron chi connectivity index (χ1n) is 8.87. The summed E-state index contributed by atoms with van der Waals surface area (Å²) in [4.78, 5) is 7.58. The van der Waals surface area contributed by atoms with E-state index in [-0.39, 0.29) is 0 Å². The molecular weight excluding hydrogens is 370 g/mol. The van der Waals surface area contributed by atoms with Gasteiger partial charge in [0.05, 0.1) is 21.4 Å². The Morgan fingerprint density at radius 2 is 2.00 bits per heavy atom. The quantitative estimate of drug-likeness (QED) is 0.865. The Labute approximate surface area is 161 Å². The maximum absolute atomic E-state index is 12.0. The van der Waals surface area contributed by atoms with Gasteiger partial charge in [0.2, 0.25) is 0 Å². The SMILES string of the molecule is CS(=O)c1cnc(N2CCC(c3ccc(Cl)cc3)CC2)c2c1NCCO2. The van der Waals surface area contributed by atoms with Crippen molar-refractivity contribution in [2.24, 2.45) is 0 Å². The molecule has 1 saturated heterocycles. The van der Waals surface area contributed by atoms with Gasteiger partial charge in [-0.3, -0.25) is 4.21 Å². The highest BCUT2D eigenvalue weighted by Crippen LogP contribution is 2.41. The van der Waals surface area contributed by atoms with Gasteiger partial charge < -0.3 is 15.0 Å². The van der Waals surface area contributed by atoms with Gasteiger partial charge in [0, 0.05) is 37.1 Å². The van der Waals surface area contributed by atoms with E-state index in [9.17, 15) is 4.21 Å². The summed E-state index contributed by atoms with van der Waals surface area (Å²) in [6.07, 6.45) is 5.52. The largest absolute Gasteiger partial charge is 0.486 e. The van der Waals surface area contributed by atoms with Crippen LogP contribution in [0.3, 0.4) is 0 Å². The third-order valence-corrected chi connectivity index (χ3v) is 6.26. The molecule has 138 valence electrons. The fourth-order valence-electron chi connectivity index (χ4n) is 3.70. The minimum absolute atomic E-state index is 0.542. The van der Waals surface area contributed by atoms with Crippen LogP contribution in [0.4, 0.5) is 11.5 Å². The van der Waals surface area contributed by atoms with E-state index in [0.717, 1.165) is 54.8 Å². The zero-order chi connectivity index (χ0) is 18.1. The van der Waals surface area contributed by atoms with Gasteiger partial charge in [0.1, 0.15) is 6.61 Å². The summed E-state index contributed by atoms with van der Waals surface area (Å²) < 4.78 is 17.9. The Kier molecular flexibility index (Phi) is 5.05. The van der Waals surface area contributed by atoms with Crippen molar-refractivity contribution in [2.75, 3.05) is 42.7 Å². The fourth-order valence-corrected chi connectivity index (χ4v) is 4.48. The van der Waals surface area contributed by atoms with Gasteiger partial charge in [-0.15, -0.1) is 0 Å². The molecule has 0 radical (unpaired) electrons. The molecule has 1 N–H and O–H groups in total. The lowest BCUT2D eigenvalue weighted by molar-refractivity contribution is 0.320. The van der Waals surface area contributed by atoms with E-state index in [1.54, 1.807) is 12.5 Å². The molecule has 2 aromatic rings. The minimum Gasteiger partial charge on any atom is -0.486 e. The summed E-state index contributed by atoms with van der Waals surface area (Å²) >= 11 is 6.00. The van der Waals surface area contributed by atoms with Crippen molar-refractivity contribution in [3.63, 3.8) is 0 Å². The lowest BCUT2D eigenvalue weighted by atomic mass is 9.89. The Balaban J connectivity index is 1.54. The van der Waals surface area contributed by atoms with Gasteiger partial charge in [-0.25, -0.2) is 4.98 Å². The molecule has 1 atom stereocenters. The van der Waals surface area contributed by atoms with Crippen LogP contribution in [0.2, 0.25) is 5.02 Å². The lowest BCUT2D eigenvalue weighted by Gasteiger charge is -2.35. The second-order valence-electron chi connectivity index (χ2n) is 6.69. The summed E-state index contributed by atoms with van der Waals surface area (Å²) in [6.45, 7) is 3.16. The van der Waals surface area contributed by atoms with E-state index in [4.69, 9.17) is 16.3 Å². The van der Waals surface area contributed by atoms with Crippen LogP contribution in [-0.4, -0.2) is 41.7 Å². The molecule has 0 bridgehead atoms. The van der Waals surface area contributed by atoms with E-state index in [1.807, 2.05) is 12.1 Å². The Morgan fingerprint density at radius 3 is 2.69 bits per heavy atom. The summed E-state index contributed by atoms with van der Waals surface area (Å²) in [7, 11) is -1.10. The second kappa shape index (κ2) is 7.45. The Bertz CT molecular complexity index is 820. The number of hydrogen-bond acceptors (Lipinski definition) is 5. The maximum atomic E-state index is 12.0. The summed E-state index contributed by atoms with van der Waals surface area (Å²) in [5.41, 5.74) is 2.18. The van der Waals surface area contributed by atoms with Crippen molar-refractivity contribution >= 4 is 33.9 Å². The van der Waals surface area contributed by atoms with Gasteiger partial charge >= 0.3 is 0 Å². The molecule has 1 aromatic carbocycles. The van der Waals surface area contributed by atoms with Gasteiger partial charge in [-0.2, -0.15) is 0 Å². The van der Waals surface area contributed by atoms with Gasteiger partial charge in [-0.1, -0.05) is 23.7 Å². The molecule has 2 aliphatic heterocycles. The third kappa shape index (κ3) is 3.40. The van der Waals surface area contributed by atoms with Crippen molar-refractivity contribution in [3.05, 3.63) is 41.0 Å². The molecule has 2 aliphatic rings. The highest BCUT2D eigenvalue weighted by molar-refractivity contribution is 7.84. The topological polar surface area (TPSA) is 54.5 Å². The van der Waals surface area contributed by atoms with Crippen molar-refractivity contribution in [2.45, 2.75) is 23.7 Å². The van der Waals surface area contributed by atoms with E-state index in [0.29, 0.717) is 17.4 Å². The van der Waals surface area contributed by atoms with Crippen molar-refractivity contribution in [3.8, 4) is 5.75 Å². The van der Waals surface area contributed by atoms with E-state index >= 15 is 0 Å². The van der Waals surface area contributed by atoms with Crippen LogP contribution in [0.1, 0.15) is 24.3 Å². The number of anilines is 2. The Morgan fingerprint density at radius 1 is 1.27 bits per heavy atom. The molecule has 1 fully saturated rings. The average Bonchev–Trinajstić information content (AvgIpc) is 2.68. The summed E-state index contributed by atoms with van der Waals surface area (Å²) in [5.74, 6) is 2.14. The van der Waals surface area contributed by atoms with Crippen molar-refractivity contribution in [1.82, 2.24) is 4.98 Å². The summed E-state index contributed by atoms with van der Waals surface area (Å²) in [5, 5.41) is 4.11. The predicted molar refractivity (Wildman–Crippen MR) is 106 cm³/mol. The smallest absolute Gasteiger partial charge is 0.186 e. The number of benzene rings is 1. The standard InChI is InChI=1S/C19H22ClN3O2S/c1-26(24)16-12-22-19(18-17(16)21-8-11-25-18)23-9-6-14(7-10-23)13-2-4-15(20)5-3-13/h2-5,12,14,21H,6-11H2,1H3. The minimum atomic E-state index is -1.10. The first kappa shape index (κ1) is 17.6. The highest BCUT2D eigenvalue weighted by atomic mass is 35.5. The number of piperidine rings is 1. The van der Waals surface area contributed by atoms with Crippen LogP contribution in [0.15, 0.2) is 35.4 Å². The van der Waals surface area contributed by atoms with E-state index in [1.165, 1.54) is 5.56 Å². The number of hydrogen-bond donors (Lipinski definition) is 1. The number of nitrogens with zero attached hydrogens (tertiary/aromatic N) is 2. The number of pyridine rings is 1. The third-order valence-electron chi connectivity index (χ3n) is 5.08. The van der Waals surface area contributed by atoms with Crippen LogP contribution < -0.4 is 15.0 Å². The monoisotopic (exact) mass is 391 g/mol. The molecule has 7 heteroatoms. The number of fused-ring (bicyclic) bond motifs is 1. The fraction of sp³-hybridized carbons (Fsp3) is 0.421. The number of rotatable bonds is 3. The van der Waals surface area contributed by atoms with Crippen molar-refractivity contribution in [1.29, 1.82) is 0 Å². The molecule has 5 nitrogen and oxygen atoms in total. The summed E-state index contributed by atoms with van der Waals surface area (Å²) in [6, 6.07) is 8.18.